The maximum atomic E-state index is 14.3. The van der Waals surface area contributed by atoms with Crippen LogP contribution in [0.1, 0.15) is 59.1 Å². The Kier molecular flexibility index (Phi) is 11.9. The summed E-state index contributed by atoms with van der Waals surface area (Å²) in [6.45, 7) is 10.6. The van der Waals surface area contributed by atoms with E-state index in [0.29, 0.717) is 23.6 Å². The predicted octanol–water partition coefficient (Wildman–Crippen LogP) is 7.78. The minimum absolute atomic E-state index is 0.156. The van der Waals surface area contributed by atoms with Crippen molar-refractivity contribution in [2.45, 2.75) is 77.8 Å². The Balaban J connectivity index is 1.81. The lowest BCUT2D eigenvalue weighted by Crippen LogP contribution is -2.31. The predicted molar refractivity (Wildman–Crippen MR) is 173 cm³/mol. The topological polar surface area (TPSA) is 113 Å². The number of benzene rings is 3. The van der Waals surface area contributed by atoms with E-state index in [-0.39, 0.29) is 12.8 Å². The van der Waals surface area contributed by atoms with Gasteiger partial charge < -0.3 is 23.8 Å². The van der Waals surface area contributed by atoms with Gasteiger partial charge in [-0.2, -0.15) is 4.99 Å². The normalized spacial score (nSPS) is 13.1. The molecule has 10 heteroatoms. The largest absolute Gasteiger partial charge is 0.460 e. The second-order valence-corrected chi connectivity index (χ2v) is 14.3. The van der Waals surface area contributed by atoms with Gasteiger partial charge in [-0.3, -0.25) is 4.79 Å². The van der Waals surface area contributed by atoms with Crippen LogP contribution in [0.2, 0.25) is 0 Å². The third kappa shape index (κ3) is 12.0. The lowest BCUT2D eigenvalue weighted by atomic mass is 10.0. The van der Waals surface area contributed by atoms with Crippen LogP contribution in [0.25, 0.3) is 0 Å². The lowest BCUT2D eigenvalue weighted by molar-refractivity contribution is -0.153. The van der Waals surface area contributed by atoms with Gasteiger partial charge in [0.25, 0.3) is 0 Å². The van der Waals surface area contributed by atoms with Crippen molar-refractivity contribution < 1.29 is 32.7 Å². The summed E-state index contributed by atoms with van der Waals surface area (Å²) < 4.78 is 37.1. The van der Waals surface area contributed by atoms with E-state index >= 15 is 0 Å². The van der Waals surface area contributed by atoms with Gasteiger partial charge in [0, 0.05) is 18.6 Å². The summed E-state index contributed by atoms with van der Waals surface area (Å²) in [6.07, 6.45) is -0.348. The van der Waals surface area contributed by atoms with E-state index in [1.807, 2.05) is 36.4 Å². The number of nitrogens with zero attached hydrogens (tertiary/aromatic N) is 1. The van der Waals surface area contributed by atoms with Gasteiger partial charge >= 0.3 is 19.7 Å². The Hall–Kier alpha value is -3.94. The molecule has 236 valence electrons. The maximum Gasteiger partial charge on any atom is 0.447 e. The fourth-order valence-electron chi connectivity index (χ4n) is 4.13. The number of amides is 1. The number of aliphatic imine (C=N–C) groups is 1. The molecule has 0 radical (unpaired) electrons. The summed E-state index contributed by atoms with van der Waals surface area (Å²) in [4.78, 5) is 29.1. The van der Waals surface area contributed by atoms with Crippen molar-refractivity contribution in [2.24, 2.45) is 4.99 Å². The van der Waals surface area contributed by atoms with Gasteiger partial charge in [0.05, 0.1) is 6.42 Å². The first kappa shape index (κ1) is 34.5. The van der Waals surface area contributed by atoms with Crippen molar-refractivity contribution in [3.05, 3.63) is 96.1 Å². The van der Waals surface area contributed by atoms with Crippen molar-refractivity contribution in [3.63, 3.8) is 0 Å². The number of para-hydroxylation sites is 2. The highest BCUT2D eigenvalue weighted by atomic mass is 31.2. The summed E-state index contributed by atoms with van der Waals surface area (Å²) >= 11 is 0. The molecule has 0 heterocycles. The van der Waals surface area contributed by atoms with Gasteiger partial charge in [0.1, 0.15) is 28.5 Å². The Morgan fingerprint density at radius 1 is 0.750 bits per heavy atom. The highest BCUT2D eigenvalue weighted by Gasteiger charge is 2.38. The number of hydrogen-bond acceptors (Lipinski definition) is 8. The SMILES string of the molecule is CNC(Cc1ccc(CC(CC(=O)OC(C)(C)C)=NC(=O)OC(C)(C)C)cc1)P(=O)(Oc1ccccc1)Oc1ccccc1. The number of likely N-dealkylation sites (N-methyl/N-ethyl adjacent to an activating group) is 1. The quantitative estimate of drug-likeness (QED) is 0.124. The standard InChI is InChI=1S/C34H43N2O7P/c1-33(2,3)40-31(37)24-27(36-32(38)41-34(4,5)6)22-25-18-20-26(21-19-25)23-30(35-7)44(39,42-28-14-10-8-11-15-28)43-29-16-12-9-13-17-29/h8-21,30,35H,22-24H2,1-7H3. The Morgan fingerprint density at radius 2 is 1.23 bits per heavy atom. The summed E-state index contributed by atoms with van der Waals surface area (Å²) in [6, 6.07) is 25.4. The fraction of sp³-hybridized carbons (Fsp3) is 0.382. The van der Waals surface area contributed by atoms with Crippen LogP contribution in [0.4, 0.5) is 4.79 Å². The van der Waals surface area contributed by atoms with Crippen LogP contribution in [0.15, 0.2) is 89.9 Å². The number of hydrogen-bond donors (Lipinski definition) is 1. The third-order valence-electron chi connectivity index (χ3n) is 5.94. The Bertz CT molecular complexity index is 1400. The van der Waals surface area contributed by atoms with Gasteiger partial charge in [-0.15, -0.1) is 0 Å². The molecule has 3 aromatic rings. The second kappa shape index (κ2) is 15.2. The van der Waals surface area contributed by atoms with Crippen LogP contribution in [0, 0.1) is 0 Å². The second-order valence-electron chi connectivity index (χ2n) is 12.3. The molecule has 0 aliphatic carbocycles. The number of carbonyl (C=O) groups excluding carboxylic acids is 2. The summed E-state index contributed by atoms with van der Waals surface area (Å²) in [5.74, 6) is -0.292. The van der Waals surface area contributed by atoms with E-state index in [0.717, 1.165) is 11.1 Å². The summed E-state index contributed by atoms with van der Waals surface area (Å²) in [5, 5.41) is 3.12. The van der Waals surface area contributed by atoms with Crippen molar-refractivity contribution >= 4 is 25.4 Å². The third-order valence-corrected chi connectivity index (χ3v) is 8.07. The number of ether oxygens (including phenoxy) is 2. The number of nitrogens with one attached hydrogen (secondary N) is 1. The zero-order chi connectivity index (χ0) is 32.4. The molecule has 0 aliphatic rings. The van der Waals surface area contributed by atoms with Crippen LogP contribution >= 0.6 is 7.60 Å². The molecule has 1 N–H and O–H groups in total. The molecule has 3 aromatic carbocycles. The summed E-state index contributed by atoms with van der Waals surface area (Å²) in [7, 11) is -2.06. The molecule has 0 spiro atoms. The monoisotopic (exact) mass is 622 g/mol. The highest BCUT2D eigenvalue weighted by molar-refractivity contribution is 7.55. The van der Waals surface area contributed by atoms with Crippen LogP contribution in [-0.4, -0.2) is 41.8 Å². The molecular formula is C34H43N2O7P. The minimum atomic E-state index is -3.77. The van der Waals surface area contributed by atoms with E-state index in [1.54, 1.807) is 97.1 Å². The van der Waals surface area contributed by atoms with E-state index in [2.05, 4.69) is 10.3 Å². The van der Waals surface area contributed by atoms with Crippen molar-refractivity contribution in [1.82, 2.24) is 5.32 Å². The van der Waals surface area contributed by atoms with E-state index in [4.69, 9.17) is 18.5 Å². The molecule has 3 rings (SSSR count). The Morgan fingerprint density at radius 3 is 1.68 bits per heavy atom. The van der Waals surface area contributed by atoms with Gasteiger partial charge in [0.15, 0.2) is 0 Å². The number of esters is 1. The van der Waals surface area contributed by atoms with Crippen molar-refractivity contribution in [3.8, 4) is 11.5 Å². The summed E-state index contributed by atoms with van der Waals surface area (Å²) in [5.41, 5.74) is 0.625. The average Bonchev–Trinajstić information content (AvgIpc) is 2.91. The smallest absolute Gasteiger partial charge is 0.447 e. The molecular weight excluding hydrogens is 579 g/mol. The molecule has 0 aromatic heterocycles. The fourth-order valence-corrected chi connectivity index (χ4v) is 6.00. The lowest BCUT2D eigenvalue weighted by Gasteiger charge is -2.27. The molecule has 9 nitrogen and oxygen atoms in total. The first-order chi connectivity index (χ1) is 20.6. The number of rotatable bonds is 12. The van der Waals surface area contributed by atoms with Crippen molar-refractivity contribution in [1.29, 1.82) is 0 Å². The first-order valence-electron chi connectivity index (χ1n) is 14.5. The highest BCUT2D eigenvalue weighted by Crippen LogP contribution is 2.52. The molecule has 1 unspecified atom stereocenters. The maximum absolute atomic E-state index is 14.3. The van der Waals surface area contributed by atoms with Crippen LogP contribution in [0.5, 0.6) is 11.5 Å². The average molecular weight is 623 g/mol. The zero-order valence-corrected chi connectivity index (χ0v) is 27.4. The van der Waals surface area contributed by atoms with Gasteiger partial charge in [-0.1, -0.05) is 60.7 Å². The molecule has 0 bridgehead atoms. The minimum Gasteiger partial charge on any atom is -0.460 e. The van der Waals surface area contributed by atoms with E-state index in [1.165, 1.54) is 0 Å². The molecule has 0 aliphatic heterocycles. The molecule has 44 heavy (non-hydrogen) atoms. The Labute approximate surface area is 260 Å². The van der Waals surface area contributed by atoms with E-state index in [9.17, 15) is 14.2 Å². The molecule has 1 atom stereocenters. The zero-order valence-electron chi connectivity index (χ0n) is 26.5. The molecule has 1 amide bonds. The van der Waals surface area contributed by atoms with Gasteiger partial charge in [-0.25, -0.2) is 9.36 Å². The van der Waals surface area contributed by atoms with Crippen molar-refractivity contribution in [2.75, 3.05) is 7.05 Å². The van der Waals surface area contributed by atoms with Crippen LogP contribution in [0.3, 0.4) is 0 Å². The van der Waals surface area contributed by atoms with Crippen LogP contribution < -0.4 is 14.4 Å². The van der Waals surface area contributed by atoms with E-state index < -0.39 is 36.6 Å². The molecule has 0 fully saturated rings. The number of carbonyl (C=O) groups is 2. The first-order valence-corrected chi connectivity index (χ1v) is 16.1. The molecule has 0 saturated carbocycles. The van der Waals surface area contributed by atoms with Crippen LogP contribution in [-0.2, 0) is 31.7 Å². The van der Waals surface area contributed by atoms with Gasteiger partial charge in [0.2, 0.25) is 0 Å². The molecule has 0 saturated heterocycles. The van der Waals surface area contributed by atoms with Gasteiger partial charge in [-0.05, 0) is 84.0 Å².